The molecule has 0 fully saturated rings. The number of para-hydroxylation sites is 1. The van der Waals surface area contributed by atoms with E-state index >= 15 is 0 Å². The highest BCUT2D eigenvalue weighted by Crippen LogP contribution is 2.28. The fourth-order valence-electron chi connectivity index (χ4n) is 2.41. The van der Waals surface area contributed by atoms with Gasteiger partial charge in [0.2, 0.25) is 5.89 Å². The molecule has 0 saturated heterocycles. The molecule has 0 aliphatic rings. The number of methoxy groups -OCH3 is 1. The Balaban J connectivity index is 1.51. The number of nitrogens with one attached hydrogen (secondary N) is 1. The van der Waals surface area contributed by atoms with E-state index in [2.05, 4.69) is 15.5 Å². The molecule has 0 atom stereocenters. The van der Waals surface area contributed by atoms with Crippen molar-refractivity contribution in [2.24, 2.45) is 0 Å². The average Bonchev–Trinajstić information content (AvgIpc) is 3.35. The van der Waals surface area contributed by atoms with Crippen molar-refractivity contribution >= 4 is 34.2 Å². The minimum absolute atomic E-state index is 0.0315. The van der Waals surface area contributed by atoms with Crippen LogP contribution >= 0.6 is 11.3 Å². The molecule has 3 heterocycles. The number of ether oxygens (including phenoxy) is 1. The summed E-state index contributed by atoms with van der Waals surface area (Å²) in [6, 6.07) is 11.0. The van der Waals surface area contributed by atoms with Crippen molar-refractivity contribution < 1.29 is 18.4 Å². The van der Waals surface area contributed by atoms with E-state index < -0.39 is 5.91 Å². The lowest BCUT2D eigenvalue weighted by Crippen LogP contribution is -2.11. The Labute approximate surface area is 146 Å². The number of benzene rings is 1. The summed E-state index contributed by atoms with van der Waals surface area (Å²) in [5, 5.41) is 13.1. The zero-order chi connectivity index (χ0) is 17.2. The SMILES string of the molecule is COc1cccc2cc(C(=O)Nc3nnc(Cc4cccs4)o3)oc12. The Bertz CT molecular complexity index is 1020. The van der Waals surface area contributed by atoms with Gasteiger partial charge in [0.15, 0.2) is 17.1 Å². The number of carbonyl (C=O) groups is 1. The number of rotatable bonds is 5. The minimum Gasteiger partial charge on any atom is -0.493 e. The third kappa shape index (κ3) is 3.11. The van der Waals surface area contributed by atoms with Gasteiger partial charge in [-0.25, -0.2) is 0 Å². The molecule has 8 heteroatoms. The largest absolute Gasteiger partial charge is 0.493 e. The van der Waals surface area contributed by atoms with Crippen LogP contribution in [0.3, 0.4) is 0 Å². The summed E-state index contributed by atoms with van der Waals surface area (Å²) in [5.74, 6) is 0.665. The molecule has 0 spiro atoms. The summed E-state index contributed by atoms with van der Waals surface area (Å²) in [6.07, 6.45) is 0.530. The van der Waals surface area contributed by atoms with Crippen LogP contribution in [0.25, 0.3) is 11.0 Å². The zero-order valence-corrected chi connectivity index (χ0v) is 14.0. The Morgan fingerprint density at radius 1 is 1.24 bits per heavy atom. The maximum Gasteiger partial charge on any atom is 0.322 e. The fraction of sp³-hybridized carbons (Fsp3) is 0.118. The normalized spacial score (nSPS) is 10.9. The molecule has 1 N–H and O–H groups in total. The van der Waals surface area contributed by atoms with Gasteiger partial charge in [0.05, 0.1) is 13.5 Å². The highest BCUT2D eigenvalue weighted by atomic mass is 32.1. The highest BCUT2D eigenvalue weighted by Gasteiger charge is 2.17. The molecule has 0 unspecified atom stereocenters. The molecule has 0 aliphatic carbocycles. The summed E-state index contributed by atoms with van der Waals surface area (Å²) in [4.78, 5) is 13.4. The van der Waals surface area contributed by atoms with Gasteiger partial charge >= 0.3 is 6.01 Å². The van der Waals surface area contributed by atoms with E-state index in [-0.39, 0.29) is 11.8 Å². The van der Waals surface area contributed by atoms with Crippen LogP contribution in [0.15, 0.2) is 50.6 Å². The van der Waals surface area contributed by atoms with Gasteiger partial charge in [-0.15, -0.1) is 16.4 Å². The molecule has 3 aromatic heterocycles. The minimum atomic E-state index is -0.468. The number of fused-ring (bicyclic) bond motifs is 1. The van der Waals surface area contributed by atoms with Gasteiger partial charge in [-0.05, 0) is 23.6 Å². The third-order valence-corrected chi connectivity index (χ3v) is 4.42. The van der Waals surface area contributed by atoms with Crippen molar-refractivity contribution in [3.05, 3.63) is 58.3 Å². The molecule has 1 amide bonds. The van der Waals surface area contributed by atoms with Crippen LogP contribution in [0.2, 0.25) is 0 Å². The lowest BCUT2D eigenvalue weighted by molar-refractivity contribution is 0.0995. The monoisotopic (exact) mass is 355 g/mol. The number of hydrogen-bond acceptors (Lipinski definition) is 7. The Kier molecular flexibility index (Phi) is 3.95. The molecule has 4 rings (SSSR count). The fourth-order valence-corrected chi connectivity index (χ4v) is 3.10. The van der Waals surface area contributed by atoms with E-state index in [1.807, 2.05) is 29.6 Å². The predicted octanol–water partition coefficient (Wildman–Crippen LogP) is 3.73. The maximum atomic E-state index is 12.3. The van der Waals surface area contributed by atoms with Crippen molar-refractivity contribution in [2.45, 2.75) is 6.42 Å². The van der Waals surface area contributed by atoms with E-state index in [4.69, 9.17) is 13.6 Å². The maximum absolute atomic E-state index is 12.3. The van der Waals surface area contributed by atoms with Crippen LogP contribution in [0.1, 0.15) is 21.3 Å². The summed E-state index contributed by atoms with van der Waals surface area (Å²) in [5.41, 5.74) is 0.513. The van der Waals surface area contributed by atoms with Crippen LogP contribution < -0.4 is 10.1 Å². The van der Waals surface area contributed by atoms with Gasteiger partial charge in [0.25, 0.3) is 5.91 Å². The van der Waals surface area contributed by atoms with Gasteiger partial charge < -0.3 is 13.6 Å². The predicted molar refractivity (Wildman–Crippen MR) is 92.1 cm³/mol. The number of amides is 1. The Morgan fingerprint density at radius 3 is 2.96 bits per heavy atom. The molecule has 0 aliphatic heterocycles. The summed E-state index contributed by atoms with van der Waals surface area (Å²) >= 11 is 1.60. The van der Waals surface area contributed by atoms with Crippen molar-refractivity contribution in [1.82, 2.24) is 10.2 Å². The Morgan fingerprint density at radius 2 is 2.16 bits per heavy atom. The lowest BCUT2D eigenvalue weighted by Gasteiger charge is -1.98. The molecule has 0 bridgehead atoms. The van der Waals surface area contributed by atoms with Crippen molar-refractivity contribution in [1.29, 1.82) is 0 Å². The smallest absolute Gasteiger partial charge is 0.322 e. The second kappa shape index (κ2) is 6.40. The Hall–Kier alpha value is -3.13. The van der Waals surface area contributed by atoms with E-state index in [0.29, 0.717) is 23.6 Å². The summed E-state index contributed by atoms with van der Waals surface area (Å²) in [6.45, 7) is 0. The zero-order valence-electron chi connectivity index (χ0n) is 13.2. The standard InChI is InChI=1S/C17H13N3O4S/c1-22-12-6-2-4-10-8-13(23-15(10)12)16(21)18-17-20-19-14(24-17)9-11-5-3-7-25-11/h2-8H,9H2,1H3,(H,18,20,21). The quantitative estimate of drug-likeness (QED) is 0.587. The molecule has 1 aromatic carbocycles. The second-order valence-corrected chi connectivity index (χ2v) is 6.23. The first-order chi connectivity index (χ1) is 12.2. The van der Waals surface area contributed by atoms with Gasteiger partial charge in [0.1, 0.15) is 0 Å². The lowest BCUT2D eigenvalue weighted by atomic mass is 10.2. The van der Waals surface area contributed by atoms with Gasteiger partial charge in [0, 0.05) is 10.3 Å². The van der Waals surface area contributed by atoms with Gasteiger partial charge in [-0.3, -0.25) is 10.1 Å². The van der Waals surface area contributed by atoms with E-state index in [1.54, 1.807) is 30.6 Å². The van der Waals surface area contributed by atoms with Crippen LogP contribution in [0.5, 0.6) is 5.75 Å². The van der Waals surface area contributed by atoms with Crippen LogP contribution in [-0.2, 0) is 6.42 Å². The van der Waals surface area contributed by atoms with Crippen molar-refractivity contribution in [2.75, 3.05) is 12.4 Å². The van der Waals surface area contributed by atoms with Gasteiger partial charge in [-0.1, -0.05) is 23.3 Å². The molecule has 0 radical (unpaired) electrons. The number of hydrogen-bond donors (Lipinski definition) is 1. The second-order valence-electron chi connectivity index (χ2n) is 5.20. The number of furan rings is 1. The third-order valence-electron chi connectivity index (χ3n) is 3.54. The van der Waals surface area contributed by atoms with E-state index in [9.17, 15) is 4.79 Å². The van der Waals surface area contributed by atoms with E-state index in [1.165, 1.54) is 0 Å². The number of aromatic nitrogens is 2. The molecule has 0 saturated carbocycles. The first-order valence-corrected chi connectivity index (χ1v) is 8.33. The topological polar surface area (TPSA) is 90.4 Å². The molecule has 7 nitrogen and oxygen atoms in total. The van der Waals surface area contributed by atoms with Gasteiger partial charge in [-0.2, -0.15) is 0 Å². The van der Waals surface area contributed by atoms with Crippen LogP contribution in [0, 0.1) is 0 Å². The van der Waals surface area contributed by atoms with Crippen molar-refractivity contribution in [3.8, 4) is 5.75 Å². The number of thiophene rings is 1. The number of carbonyl (C=O) groups excluding carboxylic acids is 1. The molecule has 126 valence electrons. The molecular weight excluding hydrogens is 342 g/mol. The molecule has 4 aromatic rings. The van der Waals surface area contributed by atoms with Crippen LogP contribution in [-0.4, -0.2) is 23.2 Å². The summed E-state index contributed by atoms with van der Waals surface area (Å²) in [7, 11) is 1.55. The first kappa shape index (κ1) is 15.4. The summed E-state index contributed by atoms with van der Waals surface area (Å²) < 4.78 is 16.3. The van der Waals surface area contributed by atoms with Crippen LogP contribution in [0.4, 0.5) is 6.01 Å². The average molecular weight is 355 g/mol. The molecular formula is C17H13N3O4S. The van der Waals surface area contributed by atoms with E-state index in [0.717, 1.165) is 10.3 Å². The number of anilines is 1. The highest BCUT2D eigenvalue weighted by molar-refractivity contribution is 7.09. The first-order valence-electron chi connectivity index (χ1n) is 7.45. The van der Waals surface area contributed by atoms with Crippen molar-refractivity contribution in [3.63, 3.8) is 0 Å². The molecule has 25 heavy (non-hydrogen) atoms. The number of nitrogens with zero attached hydrogens (tertiary/aromatic N) is 2.